The van der Waals surface area contributed by atoms with Crippen LogP contribution < -0.4 is 15.6 Å². The fourth-order valence-electron chi connectivity index (χ4n) is 3.56. The second-order valence-corrected chi connectivity index (χ2v) is 10.2. The first-order valence-corrected chi connectivity index (χ1v) is 12.3. The minimum absolute atomic E-state index is 0.00972. The van der Waals surface area contributed by atoms with E-state index in [1.807, 2.05) is 26.0 Å². The average Bonchev–Trinajstić information content (AvgIpc) is 3.14. The number of piperidine rings is 1. The van der Waals surface area contributed by atoms with Crippen LogP contribution in [0.2, 0.25) is 0 Å². The smallest absolute Gasteiger partial charge is 0.279 e. The molecular formula is C22H31N5O5S. The molecule has 1 aliphatic heterocycles. The summed E-state index contributed by atoms with van der Waals surface area (Å²) in [5.74, 6) is -0.0183. The van der Waals surface area contributed by atoms with Crippen molar-refractivity contribution in [2.24, 2.45) is 13.0 Å². The molecule has 3 rings (SSSR count). The number of imidazole rings is 1. The number of aryl methyl sites for hydroxylation is 3. The molecule has 1 saturated heterocycles. The van der Waals surface area contributed by atoms with Gasteiger partial charge in [-0.25, -0.2) is 13.4 Å². The van der Waals surface area contributed by atoms with Crippen molar-refractivity contribution in [3.05, 3.63) is 41.3 Å². The van der Waals surface area contributed by atoms with Gasteiger partial charge in [-0.05, 0) is 57.7 Å². The summed E-state index contributed by atoms with van der Waals surface area (Å²) in [6.45, 7) is 7.62. The highest BCUT2D eigenvalue weighted by Crippen LogP contribution is 2.24. The first-order chi connectivity index (χ1) is 15.5. The number of amides is 2. The Labute approximate surface area is 194 Å². The van der Waals surface area contributed by atoms with E-state index in [0.717, 1.165) is 11.1 Å². The number of ether oxygens (including phenoxy) is 1. The van der Waals surface area contributed by atoms with Crippen LogP contribution in [-0.2, 0) is 26.7 Å². The Morgan fingerprint density at radius 2 is 1.82 bits per heavy atom. The molecule has 0 bridgehead atoms. The molecule has 2 heterocycles. The van der Waals surface area contributed by atoms with Gasteiger partial charge in [0.05, 0.1) is 0 Å². The van der Waals surface area contributed by atoms with Crippen molar-refractivity contribution >= 4 is 21.8 Å². The number of hydrogen-bond donors (Lipinski definition) is 2. The number of nitrogens with zero attached hydrogens (tertiary/aromatic N) is 3. The second-order valence-electron chi connectivity index (χ2n) is 8.35. The Morgan fingerprint density at radius 1 is 1.15 bits per heavy atom. The maximum atomic E-state index is 12.8. The van der Waals surface area contributed by atoms with E-state index in [9.17, 15) is 18.0 Å². The second kappa shape index (κ2) is 9.92. The molecule has 1 aromatic carbocycles. The number of aromatic nitrogens is 2. The summed E-state index contributed by atoms with van der Waals surface area (Å²) in [5.41, 5.74) is 6.84. The molecule has 33 heavy (non-hydrogen) atoms. The molecule has 0 spiro atoms. The maximum absolute atomic E-state index is 12.8. The van der Waals surface area contributed by atoms with Gasteiger partial charge in [-0.2, -0.15) is 4.31 Å². The molecule has 1 unspecified atom stereocenters. The number of hydrazine groups is 1. The highest BCUT2D eigenvalue weighted by molar-refractivity contribution is 7.89. The van der Waals surface area contributed by atoms with Crippen LogP contribution in [0, 0.1) is 26.7 Å². The zero-order valence-corrected chi connectivity index (χ0v) is 20.4. The van der Waals surface area contributed by atoms with Gasteiger partial charge in [0.15, 0.2) is 11.1 Å². The summed E-state index contributed by atoms with van der Waals surface area (Å²) in [6.07, 6.45) is 1.38. The molecule has 180 valence electrons. The first kappa shape index (κ1) is 24.7. The lowest BCUT2D eigenvalue weighted by Gasteiger charge is -2.30. The highest BCUT2D eigenvalue weighted by atomic mass is 32.2. The van der Waals surface area contributed by atoms with Crippen molar-refractivity contribution in [2.75, 3.05) is 13.1 Å². The van der Waals surface area contributed by atoms with E-state index in [4.69, 9.17) is 4.74 Å². The van der Waals surface area contributed by atoms with Crippen molar-refractivity contribution in [1.29, 1.82) is 0 Å². The van der Waals surface area contributed by atoms with Crippen LogP contribution in [0.15, 0.2) is 29.4 Å². The van der Waals surface area contributed by atoms with E-state index >= 15 is 0 Å². The van der Waals surface area contributed by atoms with Crippen molar-refractivity contribution < 1.29 is 22.7 Å². The lowest BCUT2D eigenvalue weighted by molar-refractivity contribution is -0.134. The number of rotatable bonds is 6. The quantitative estimate of drug-likeness (QED) is 0.606. The topological polar surface area (TPSA) is 123 Å². The van der Waals surface area contributed by atoms with Gasteiger partial charge < -0.3 is 9.30 Å². The number of nitrogens with one attached hydrogen (secondary N) is 2. The number of sulfonamides is 1. The minimum Gasteiger partial charge on any atom is -0.481 e. The molecule has 0 radical (unpaired) electrons. The van der Waals surface area contributed by atoms with Gasteiger partial charge in [0.2, 0.25) is 5.91 Å². The Bertz CT molecular complexity index is 1120. The number of benzene rings is 1. The average molecular weight is 478 g/mol. The lowest BCUT2D eigenvalue weighted by atomic mass is 9.98. The zero-order valence-electron chi connectivity index (χ0n) is 19.6. The molecule has 10 nitrogen and oxygen atoms in total. The molecular weight excluding hydrogens is 446 g/mol. The van der Waals surface area contributed by atoms with Gasteiger partial charge in [-0.15, -0.1) is 0 Å². The predicted octanol–water partition coefficient (Wildman–Crippen LogP) is 1.36. The number of carbonyl (C=O) groups is 2. The summed E-state index contributed by atoms with van der Waals surface area (Å²) < 4.78 is 34.3. The fraction of sp³-hybridized carbons (Fsp3) is 0.500. The maximum Gasteiger partial charge on any atom is 0.279 e. The Hall–Kier alpha value is -2.92. The van der Waals surface area contributed by atoms with Crippen molar-refractivity contribution in [3.63, 3.8) is 0 Å². The summed E-state index contributed by atoms with van der Waals surface area (Å²) in [6, 6.07) is 5.60. The van der Waals surface area contributed by atoms with E-state index in [1.165, 1.54) is 10.5 Å². The van der Waals surface area contributed by atoms with E-state index in [1.54, 1.807) is 31.5 Å². The summed E-state index contributed by atoms with van der Waals surface area (Å²) in [5, 5.41) is 0.00972. The number of carbonyl (C=O) groups excluding carboxylic acids is 2. The third kappa shape index (κ3) is 5.53. The van der Waals surface area contributed by atoms with E-state index in [-0.39, 0.29) is 24.0 Å². The van der Waals surface area contributed by atoms with E-state index in [2.05, 4.69) is 15.8 Å². The molecule has 2 amide bonds. The molecule has 1 aromatic heterocycles. The van der Waals surface area contributed by atoms with Crippen LogP contribution in [0.3, 0.4) is 0 Å². The monoisotopic (exact) mass is 477 g/mol. The van der Waals surface area contributed by atoms with Crippen molar-refractivity contribution in [1.82, 2.24) is 24.7 Å². The molecule has 1 aliphatic rings. The van der Waals surface area contributed by atoms with E-state index < -0.39 is 28.0 Å². The third-order valence-corrected chi connectivity index (χ3v) is 7.82. The van der Waals surface area contributed by atoms with E-state index in [0.29, 0.717) is 24.4 Å². The van der Waals surface area contributed by atoms with Gasteiger partial charge in [-0.3, -0.25) is 20.4 Å². The molecule has 11 heteroatoms. The molecule has 2 aromatic rings. The Morgan fingerprint density at radius 3 is 2.42 bits per heavy atom. The summed E-state index contributed by atoms with van der Waals surface area (Å²) >= 11 is 0. The third-order valence-electron chi connectivity index (χ3n) is 6.05. The first-order valence-electron chi connectivity index (χ1n) is 10.8. The van der Waals surface area contributed by atoms with Gasteiger partial charge in [0.25, 0.3) is 15.9 Å². The fourth-order valence-corrected chi connectivity index (χ4v) is 5.06. The van der Waals surface area contributed by atoms with Crippen LogP contribution in [-0.4, -0.2) is 53.3 Å². The van der Waals surface area contributed by atoms with Crippen LogP contribution in [0.5, 0.6) is 5.75 Å². The molecule has 1 atom stereocenters. The van der Waals surface area contributed by atoms with Crippen LogP contribution >= 0.6 is 0 Å². The van der Waals surface area contributed by atoms with Crippen molar-refractivity contribution in [2.45, 2.75) is 51.7 Å². The largest absolute Gasteiger partial charge is 0.481 e. The van der Waals surface area contributed by atoms with Gasteiger partial charge >= 0.3 is 0 Å². The lowest BCUT2D eigenvalue weighted by Crippen LogP contribution is -2.51. The molecule has 0 aliphatic carbocycles. The predicted molar refractivity (Wildman–Crippen MR) is 122 cm³/mol. The molecule has 2 N–H and O–H groups in total. The van der Waals surface area contributed by atoms with Gasteiger partial charge in [0, 0.05) is 32.3 Å². The SMILES string of the molecule is Cc1cccc(OC(C)C(=O)NNC(=O)C2CCN(S(=O)(=O)c3cn(C)c(C)n3)CC2)c1C. The number of hydrogen-bond acceptors (Lipinski definition) is 6. The molecule has 0 saturated carbocycles. The van der Waals surface area contributed by atoms with Gasteiger partial charge in [0.1, 0.15) is 11.6 Å². The molecule has 1 fully saturated rings. The Kier molecular flexibility index (Phi) is 7.43. The highest BCUT2D eigenvalue weighted by Gasteiger charge is 2.33. The van der Waals surface area contributed by atoms with Gasteiger partial charge in [-0.1, -0.05) is 12.1 Å². The summed E-state index contributed by atoms with van der Waals surface area (Å²) in [4.78, 5) is 29.0. The zero-order chi connectivity index (χ0) is 24.3. The van der Waals surface area contributed by atoms with Crippen LogP contribution in [0.1, 0.15) is 36.7 Å². The Balaban J connectivity index is 1.49. The van der Waals surface area contributed by atoms with Crippen molar-refractivity contribution in [3.8, 4) is 5.75 Å². The van der Waals surface area contributed by atoms with Crippen LogP contribution in [0.4, 0.5) is 0 Å². The minimum atomic E-state index is -3.70. The van der Waals surface area contributed by atoms with Crippen LogP contribution in [0.25, 0.3) is 0 Å². The summed E-state index contributed by atoms with van der Waals surface area (Å²) in [7, 11) is -1.97. The standard InChI is InChI=1S/C22H31N5O5S/c1-14-7-6-8-19(15(14)2)32-16(3)21(28)24-25-22(29)18-9-11-27(12-10-18)33(30,31)20-13-26(5)17(4)23-20/h6-8,13,16,18H,9-12H2,1-5H3,(H,24,28)(H,25,29). The normalized spacial score (nSPS) is 16.3.